The van der Waals surface area contributed by atoms with Crippen molar-refractivity contribution in [3.8, 4) is 0 Å². The summed E-state index contributed by atoms with van der Waals surface area (Å²) in [5.74, 6) is 0.734. The molecule has 1 aliphatic rings. The Morgan fingerprint density at radius 1 is 1.35 bits per heavy atom. The molecule has 0 bridgehead atoms. The van der Waals surface area contributed by atoms with Crippen LogP contribution < -0.4 is 10.0 Å². The summed E-state index contributed by atoms with van der Waals surface area (Å²) in [5.41, 5.74) is 0.997. The normalized spacial score (nSPS) is 17.1. The highest BCUT2D eigenvalue weighted by Crippen LogP contribution is 2.31. The second-order valence-electron chi connectivity index (χ2n) is 5.48. The molecule has 0 spiro atoms. The summed E-state index contributed by atoms with van der Waals surface area (Å²) in [5, 5.41) is 3.29. The van der Waals surface area contributed by atoms with Crippen LogP contribution in [0.5, 0.6) is 0 Å². The molecule has 5 heteroatoms. The molecular formula is C15H24N2O2S. The smallest absolute Gasteiger partial charge is 0.240 e. The molecular weight excluding hydrogens is 272 g/mol. The predicted molar refractivity (Wildman–Crippen MR) is 81.1 cm³/mol. The van der Waals surface area contributed by atoms with Crippen molar-refractivity contribution in [1.82, 2.24) is 10.0 Å². The fourth-order valence-electron chi connectivity index (χ4n) is 2.26. The van der Waals surface area contributed by atoms with E-state index in [-0.39, 0.29) is 6.04 Å². The van der Waals surface area contributed by atoms with Gasteiger partial charge in [0.05, 0.1) is 4.90 Å². The van der Waals surface area contributed by atoms with Crippen molar-refractivity contribution in [1.29, 1.82) is 0 Å². The Balaban J connectivity index is 2.03. The van der Waals surface area contributed by atoms with Gasteiger partial charge >= 0.3 is 0 Å². The third kappa shape index (κ3) is 4.30. The number of hydrogen-bond acceptors (Lipinski definition) is 3. The molecule has 4 nitrogen and oxygen atoms in total. The number of sulfonamides is 1. The summed E-state index contributed by atoms with van der Waals surface area (Å²) in [6, 6.07) is 7.32. The maximum absolute atomic E-state index is 12.2. The van der Waals surface area contributed by atoms with Gasteiger partial charge in [-0.1, -0.05) is 31.9 Å². The van der Waals surface area contributed by atoms with E-state index in [0.29, 0.717) is 11.4 Å². The van der Waals surface area contributed by atoms with E-state index >= 15 is 0 Å². The third-order valence-electron chi connectivity index (χ3n) is 3.72. The molecule has 1 saturated carbocycles. The topological polar surface area (TPSA) is 58.2 Å². The number of hydrogen-bond donors (Lipinski definition) is 2. The fourth-order valence-corrected chi connectivity index (χ4v) is 3.36. The molecule has 1 aromatic carbocycles. The van der Waals surface area contributed by atoms with Crippen molar-refractivity contribution in [3.63, 3.8) is 0 Å². The van der Waals surface area contributed by atoms with Crippen molar-refractivity contribution in [2.45, 2.75) is 44.0 Å². The Hall–Kier alpha value is -0.910. The SMILES string of the molecule is CCNC(C)c1cccc(S(=O)(=O)NCCC2CC2)c1. The largest absolute Gasteiger partial charge is 0.310 e. The van der Waals surface area contributed by atoms with Crippen LogP contribution in [0.15, 0.2) is 29.2 Å². The monoisotopic (exact) mass is 296 g/mol. The Labute approximate surface area is 122 Å². The van der Waals surface area contributed by atoms with Crippen LogP contribution >= 0.6 is 0 Å². The van der Waals surface area contributed by atoms with Crippen LogP contribution in [0.4, 0.5) is 0 Å². The predicted octanol–water partition coefficient (Wildman–Crippen LogP) is 2.44. The zero-order valence-corrected chi connectivity index (χ0v) is 13.0. The van der Waals surface area contributed by atoms with Crippen LogP contribution in [-0.4, -0.2) is 21.5 Å². The van der Waals surface area contributed by atoms with E-state index in [1.54, 1.807) is 18.2 Å². The minimum absolute atomic E-state index is 0.154. The van der Waals surface area contributed by atoms with Crippen molar-refractivity contribution in [3.05, 3.63) is 29.8 Å². The molecule has 1 atom stereocenters. The first-order valence-corrected chi connectivity index (χ1v) is 8.84. The van der Waals surface area contributed by atoms with Crippen molar-refractivity contribution in [2.75, 3.05) is 13.1 Å². The highest BCUT2D eigenvalue weighted by molar-refractivity contribution is 7.89. The third-order valence-corrected chi connectivity index (χ3v) is 5.18. The molecule has 1 aromatic rings. The number of benzene rings is 1. The summed E-state index contributed by atoms with van der Waals surface area (Å²) < 4.78 is 27.2. The zero-order valence-electron chi connectivity index (χ0n) is 12.2. The van der Waals surface area contributed by atoms with Gasteiger partial charge in [-0.3, -0.25) is 0 Å². The van der Waals surface area contributed by atoms with Gasteiger partial charge < -0.3 is 5.32 Å². The van der Waals surface area contributed by atoms with Crippen LogP contribution in [0.3, 0.4) is 0 Å². The average molecular weight is 296 g/mol. The maximum Gasteiger partial charge on any atom is 0.240 e. The lowest BCUT2D eigenvalue weighted by molar-refractivity contribution is 0.573. The Morgan fingerprint density at radius 3 is 2.75 bits per heavy atom. The van der Waals surface area contributed by atoms with Crippen molar-refractivity contribution < 1.29 is 8.42 Å². The summed E-state index contributed by atoms with van der Waals surface area (Å²) >= 11 is 0. The summed E-state index contributed by atoms with van der Waals surface area (Å²) in [6.07, 6.45) is 3.45. The minimum Gasteiger partial charge on any atom is -0.310 e. The molecule has 1 unspecified atom stereocenters. The molecule has 2 N–H and O–H groups in total. The van der Waals surface area contributed by atoms with Crippen LogP contribution in [0.1, 0.15) is 44.7 Å². The summed E-state index contributed by atoms with van der Waals surface area (Å²) in [6.45, 7) is 5.48. The lowest BCUT2D eigenvalue weighted by atomic mass is 10.1. The lowest BCUT2D eigenvalue weighted by Gasteiger charge is -2.14. The second kappa shape index (κ2) is 6.70. The highest BCUT2D eigenvalue weighted by atomic mass is 32.2. The van der Waals surface area contributed by atoms with Gasteiger partial charge in [0, 0.05) is 12.6 Å². The molecule has 0 amide bonds. The van der Waals surface area contributed by atoms with Crippen LogP contribution in [0.2, 0.25) is 0 Å². The van der Waals surface area contributed by atoms with Crippen LogP contribution in [0, 0.1) is 5.92 Å². The molecule has 0 saturated heterocycles. The Kier molecular flexibility index (Phi) is 5.18. The number of nitrogens with one attached hydrogen (secondary N) is 2. The Bertz CT molecular complexity index is 539. The maximum atomic E-state index is 12.2. The van der Waals surface area contributed by atoms with E-state index in [9.17, 15) is 8.42 Å². The van der Waals surface area contributed by atoms with Gasteiger partial charge in [0.25, 0.3) is 0 Å². The molecule has 1 fully saturated rings. The highest BCUT2D eigenvalue weighted by Gasteiger charge is 2.22. The first-order valence-electron chi connectivity index (χ1n) is 7.36. The average Bonchev–Trinajstić information content (AvgIpc) is 3.23. The van der Waals surface area contributed by atoms with E-state index in [1.807, 2.05) is 19.9 Å². The molecule has 112 valence electrons. The van der Waals surface area contributed by atoms with Gasteiger partial charge in [0.15, 0.2) is 0 Å². The standard InChI is InChI=1S/C15H24N2O2S/c1-3-16-12(2)14-5-4-6-15(11-14)20(18,19)17-10-9-13-7-8-13/h4-6,11-13,16-17H,3,7-10H2,1-2H3. The van der Waals surface area contributed by atoms with Gasteiger partial charge in [0.2, 0.25) is 10.0 Å². The lowest BCUT2D eigenvalue weighted by Crippen LogP contribution is -2.25. The molecule has 0 aliphatic heterocycles. The second-order valence-corrected chi connectivity index (χ2v) is 7.25. The molecule has 1 aliphatic carbocycles. The number of rotatable bonds is 8. The van der Waals surface area contributed by atoms with Gasteiger partial charge in [-0.05, 0) is 43.5 Å². The van der Waals surface area contributed by atoms with Crippen molar-refractivity contribution >= 4 is 10.0 Å². The molecule has 20 heavy (non-hydrogen) atoms. The molecule has 2 rings (SSSR count). The van der Waals surface area contributed by atoms with E-state index in [4.69, 9.17) is 0 Å². The van der Waals surface area contributed by atoms with Crippen LogP contribution in [-0.2, 0) is 10.0 Å². The quantitative estimate of drug-likeness (QED) is 0.774. The van der Waals surface area contributed by atoms with Gasteiger partial charge in [-0.25, -0.2) is 13.1 Å². The summed E-state index contributed by atoms with van der Waals surface area (Å²) in [7, 11) is -3.38. The molecule has 0 aromatic heterocycles. The zero-order chi connectivity index (χ0) is 14.6. The van der Waals surface area contributed by atoms with E-state index in [1.165, 1.54) is 12.8 Å². The van der Waals surface area contributed by atoms with E-state index < -0.39 is 10.0 Å². The van der Waals surface area contributed by atoms with E-state index in [0.717, 1.165) is 24.4 Å². The van der Waals surface area contributed by atoms with E-state index in [2.05, 4.69) is 10.0 Å². The van der Waals surface area contributed by atoms with Crippen molar-refractivity contribution in [2.24, 2.45) is 5.92 Å². The molecule has 0 heterocycles. The van der Waals surface area contributed by atoms with Gasteiger partial charge in [0.1, 0.15) is 0 Å². The summed E-state index contributed by atoms with van der Waals surface area (Å²) in [4.78, 5) is 0.357. The fraction of sp³-hybridized carbons (Fsp3) is 0.600. The first kappa shape index (κ1) is 15.5. The van der Waals surface area contributed by atoms with Gasteiger partial charge in [-0.15, -0.1) is 0 Å². The Morgan fingerprint density at radius 2 is 2.10 bits per heavy atom. The minimum atomic E-state index is -3.38. The first-order chi connectivity index (χ1) is 9.53. The molecule has 0 radical (unpaired) electrons. The van der Waals surface area contributed by atoms with Gasteiger partial charge in [-0.2, -0.15) is 0 Å². The van der Waals surface area contributed by atoms with Crippen LogP contribution in [0.25, 0.3) is 0 Å².